The van der Waals surface area contributed by atoms with E-state index in [1.54, 1.807) is 6.20 Å². The lowest BCUT2D eigenvalue weighted by Crippen LogP contribution is -2.40. The summed E-state index contributed by atoms with van der Waals surface area (Å²) < 4.78 is 8.36. The van der Waals surface area contributed by atoms with Crippen LogP contribution in [0.4, 0.5) is 11.4 Å². The normalized spacial score (nSPS) is 13.7. The monoisotopic (exact) mass is 617 g/mol. The average molecular weight is 619 g/mol. The molecule has 0 aliphatic carbocycles. The molecule has 1 fully saturated rings. The summed E-state index contributed by atoms with van der Waals surface area (Å²) in [6.07, 6.45) is 1.76. The number of ether oxygens (including phenoxy) is 1. The summed E-state index contributed by atoms with van der Waals surface area (Å²) in [4.78, 5) is 28.9. The number of carbonyl (C=O) groups excluding carboxylic acids is 1. The Kier molecular flexibility index (Phi) is 7.37. The van der Waals surface area contributed by atoms with Gasteiger partial charge in [0.25, 0.3) is 5.91 Å². The van der Waals surface area contributed by atoms with E-state index in [9.17, 15) is 4.79 Å². The van der Waals surface area contributed by atoms with Crippen LogP contribution < -0.4 is 10.5 Å². The third kappa shape index (κ3) is 5.01. The summed E-state index contributed by atoms with van der Waals surface area (Å²) in [5.41, 5.74) is 7.71. The summed E-state index contributed by atoms with van der Waals surface area (Å²) >= 11 is 4.83. The van der Waals surface area contributed by atoms with Gasteiger partial charge in [0, 0.05) is 58.1 Å². The molecule has 0 saturated carbocycles. The van der Waals surface area contributed by atoms with Crippen molar-refractivity contribution >= 4 is 56.3 Å². The van der Waals surface area contributed by atoms with Crippen molar-refractivity contribution in [2.45, 2.75) is 18.7 Å². The maximum Gasteiger partial charge on any atom is 0.254 e. The lowest BCUT2D eigenvalue weighted by atomic mass is 10.1. The minimum Gasteiger partial charge on any atom is -0.378 e. The van der Waals surface area contributed by atoms with Crippen LogP contribution in [0, 0.1) is 13.8 Å². The zero-order chi connectivity index (χ0) is 27.8. The first-order valence-corrected chi connectivity index (χ1v) is 14.5. The van der Waals surface area contributed by atoms with Gasteiger partial charge in [-0.3, -0.25) is 9.93 Å². The van der Waals surface area contributed by atoms with Crippen molar-refractivity contribution in [3.8, 4) is 17.1 Å². The second-order valence-electron chi connectivity index (χ2n) is 9.61. The van der Waals surface area contributed by atoms with E-state index in [-0.39, 0.29) is 5.91 Å². The average Bonchev–Trinajstić information content (AvgIpc) is 3.55. The number of aryl methyl sites for hydroxylation is 1. The van der Waals surface area contributed by atoms with Gasteiger partial charge in [0.15, 0.2) is 5.65 Å². The van der Waals surface area contributed by atoms with Crippen LogP contribution in [0.3, 0.4) is 0 Å². The zero-order valence-electron chi connectivity index (χ0n) is 22.1. The number of imidazole rings is 1. The van der Waals surface area contributed by atoms with Crippen molar-refractivity contribution in [1.29, 1.82) is 0 Å². The van der Waals surface area contributed by atoms with Gasteiger partial charge in [0.1, 0.15) is 11.3 Å². The van der Waals surface area contributed by atoms with Crippen LogP contribution in [-0.4, -0.2) is 56.6 Å². The fourth-order valence-electron chi connectivity index (χ4n) is 5.10. The number of benzene rings is 2. The molecule has 40 heavy (non-hydrogen) atoms. The maximum atomic E-state index is 13.1. The molecule has 5 aromatic rings. The van der Waals surface area contributed by atoms with E-state index in [0.717, 1.165) is 54.7 Å². The molecular weight excluding hydrogens is 590 g/mol. The van der Waals surface area contributed by atoms with Crippen LogP contribution in [0.15, 0.2) is 70.2 Å². The maximum absolute atomic E-state index is 13.1. The predicted octanol–water partition coefficient (Wildman–Crippen LogP) is 5.98. The first-order valence-electron chi connectivity index (χ1n) is 12.9. The minimum absolute atomic E-state index is 0.0254. The second kappa shape index (κ2) is 11.1. The van der Waals surface area contributed by atoms with E-state index in [2.05, 4.69) is 55.7 Å². The van der Waals surface area contributed by atoms with Crippen molar-refractivity contribution in [3.05, 3.63) is 82.2 Å². The number of aromatic nitrogens is 4. The molecule has 3 aromatic heterocycles. The number of pyridine rings is 1. The number of nitrogens with two attached hydrogens (primary N) is 1. The second-order valence-corrected chi connectivity index (χ2v) is 11.2. The molecule has 204 valence electrons. The number of hydrogen-bond acceptors (Lipinski definition) is 7. The number of halogens is 1. The van der Waals surface area contributed by atoms with E-state index < -0.39 is 0 Å². The molecule has 0 bridgehead atoms. The number of nitrogens with zero attached hydrogens (tertiary/aromatic N) is 4. The minimum atomic E-state index is 0.0254. The Bertz CT molecular complexity index is 1730. The third-order valence-corrected chi connectivity index (χ3v) is 8.17. The Balaban J connectivity index is 1.36. The number of anilines is 2. The number of nitrogens with one attached hydrogen (secondary N) is 2. The molecule has 1 saturated heterocycles. The zero-order valence-corrected chi connectivity index (χ0v) is 24.5. The quantitative estimate of drug-likeness (QED) is 0.201. The number of carbonyl (C=O) groups is 1. The van der Waals surface area contributed by atoms with Gasteiger partial charge in [-0.1, -0.05) is 12.1 Å². The fraction of sp³-hybridized carbons (Fsp3) is 0.207. The van der Waals surface area contributed by atoms with Gasteiger partial charge in [-0.2, -0.15) is 0 Å². The van der Waals surface area contributed by atoms with Crippen molar-refractivity contribution in [1.82, 2.24) is 24.4 Å². The number of fused-ring (bicyclic) bond motifs is 1. The number of H-pyrrole nitrogens is 1. The van der Waals surface area contributed by atoms with E-state index in [1.807, 2.05) is 53.4 Å². The van der Waals surface area contributed by atoms with Crippen LogP contribution in [0.5, 0.6) is 0 Å². The number of aromatic amines is 1. The highest BCUT2D eigenvalue weighted by atomic mass is 79.9. The molecule has 0 radical (unpaired) electrons. The Morgan fingerprint density at radius 1 is 1.12 bits per heavy atom. The fourth-order valence-corrected chi connectivity index (χ4v) is 5.84. The number of morpholine rings is 1. The lowest BCUT2D eigenvalue weighted by Gasteiger charge is -2.27. The van der Waals surface area contributed by atoms with E-state index in [0.29, 0.717) is 37.5 Å². The first-order chi connectivity index (χ1) is 19.4. The van der Waals surface area contributed by atoms with Gasteiger partial charge in [0.05, 0.1) is 23.4 Å². The predicted molar refractivity (Wildman–Crippen MR) is 162 cm³/mol. The van der Waals surface area contributed by atoms with Gasteiger partial charge < -0.3 is 24.5 Å². The SMILES string of the molecule is Cc1cc(-c2nc3c(Nc4cccc(SN)c4)c(Br)cnc3[nH]2)c(C)n1-c1cccc(C(=O)N2CCOCC2)c1. The molecule has 4 heterocycles. The third-order valence-electron chi connectivity index (χ3n) is 7.04. The van der Waals surface area contributed by atoms with Gasteiger partial charge in [-0.05, 0) is 84.2 Å². The van der Waals surface area contributed by atoms with Crippen LogP contribution in [-0.2, 0) is 4.74 Å². The molecular formula is C29H28BrN7O2S. The van der Waals surface area contributed by atoms with Crippen LogP contribution in [0.2, 0.25) is 0 Å². The molecule has 9 nitrogen and oxygen atoms in total. The summed E-state index contributed by atoms with van der Waals surface area (Å²) in [6.45, 7) is 6.48. The van der Waals surface area contributed by atoms with Crippen molar-refractivity contribution < 1.29 is 9.53 Å². The topological polar surface area (TPSA) is 114 Å². The van der Waals surface area contributed by atoms with Gasteiger partial charge in [-0.25, -0.2) is 9.97 Å². The standard InChI is InChI=1S/C29H28BrN7O2S/c1-17-13-23(18(2)37(17)21-7-3-5-19(14-21)29(38)36-9-11-39-12-10-36)27-34-26-25(24(30)16-32-28(26)35-27)33-20-6-4-8-22(15-20)40-31/h3-8,13-16H,9-12,31H2,1-2H3,(H2,32,33,34,35). The Morgan fingerprint density at radius 2 is 1.93 bits per heavy atom. The van der Waals surface area contributed by atoms with E-state index in [1.165, 1.54) is 11.9 Å². The number of amides is 1. The highest BCUT2D eigenvalue weighted by Gasteiger charge is 2.21. The summed E-state index contributed by atoms with van der Waals surface area (Å²) in [7, 11) is 0. The summed E-state index contributed by atoms with van der Waals surface area (Å²) in [5.74, 6) is 0.743. The van der Waals surface area contributed by atoms with Crippen LogP contribution >= 0.6 is 27.9 Å². The highest BCUT2D eigenvalue weighted by Crippen LogP contribution is 2.35. The Morgan fingerprint density at radius 3 is 2.73 bits per heavy atom. The van der Waals surface area contributed by atoms with Gasteiger partial charge >= 0.3 is 0 Å². The molecule has 0 spiro atoms. The molecule has 0 unspecified atom stereocenters. The summed E-state index contributed by atoms with van der Waals surface area (Å²) in [5, 5.41) is 9.22. The molecule has 4 N–H and O–H groups in total. The molecule has 11 heteroatoms. The Hall–Kier alpha value is -3.64. The number of rotatable bonds is 6. The highest BCUT2D eigenvalue weighted by molar-refractivity contribution is 9.10. The van der Waals surface area contributed by atoms with Crippen LogP contribution in [0.25, 0.3) is 28.2 Å². The smallest absolute Gasteiger partial charge is 0.254 e. The first kappa shape index (κ1) is 26.6. The largest absolute Gasteiger partial charge is 0.378 e. The number of hydrogen-bond donors (Lipinski definition) is 3. The van der Waals surface area contributed by atoms with Crippen molar-refractivity contribution in [2.75, 3.05) is 31.6 Å². The van der Waals surface area contributed by atoms with Crippen molar-refractivity contribution in [3.63, 3.8) is 0 Å². The molecule has 6 rings (SSSR count). The molecule has 1 aliphatic heterocycles. The Labute approximate surface area is 244 Å². The van der Waals surface area contributed by atoms with E-state index >= 15 is 0 Å². The summed E-state index contributed by atoms with van der Waals surface area (Å²) in [6, 6.07) is 17.8. The molecule has 2 aromatic carbocycles. The van der Waals surface area contributed by atoms with Crippen molar-refractivity contribution in [2.24, 2.45) is 5.14 Å². The van der Waals surface area contributed by atoms with Gasteiger partial charge in [0.2, 0.25) is 0 Å². The molecule has 1 amide bonds. The molecule has 1 aliphatic rings. The van der Waals surface area contributed by atoms with E-state index in [4.69, 9.17) is 14.9 Å². The van der Waals surface area contributed by atoms with Crippen LogP contribution in [0.1, 0.15) is 21.7 Å². The molecule has 0 atom stereocenters. The lowest BCUT2D eigenvalue weighted by molar-refractivity contribution is 0.0303. The van der Waals surface area contributed by atoms with Gasteiger partial charge in [-0.15, -0.1) is 0 Å².